The molecule has 0 spiro atoms. The van der Waals surface area contributed by atoms with Crippen molar-refractivity contribution in [3.05, 3.63) is 32.8 Å². The van der Waals surface area contributed by atoms with Gasteiger partial charge < -0.3 is 10.1 Å². The lowest BCUT2D eigenvalue weighted by Gasteiger charge is -2.08. The van der Waals surface area contributed by atoms with Gasteiger partial charge in [-0.2, -0.15) is 0 Å². The van der Waals surface area contributed by atoms with Gasteiger partial charge in [0.1, 0.15) is 5.75 Å². The van der Waals surface area contributed by atoms with Crippen molar-refractivity contribution in [2.24, 2.45) is 0 Å². The number of benzene rings is 1. The standard InChI is InChI=1S/C11H15BrN2O3/c1-2-13-6-3-7-17-11-8-9(14(15)16)4-5-10(11)12/h4-5,8,13H,2-3,6-7H2,1H3. The Hall–Kier alpha value is -1.14. The van der Waals surface area contributed by atoms with Gasteiger partial charge in [0.15, 0.2) is 0 Å². The van der Waals surface area contributed by atoms with Crippen molar-refractivity contribution in [2.45, 2.75) is 13.3 Å². The van der Waals surface area contributed by atoms with Crippen LogP contribution in [-0.4, -0.2) is 24.6 Å². The Balaban J connectivity index is 2.51. The summed E-state index contributed by atoms with van der Waals surface area (Å²) in [7, 11) is 0. The summed E-state index contributed by atoms with van der Waals surface area (Å²) in [4.78, 5) is 10.2. The summed E-state index contributed by atoms with van der Waals surface area (Å²) >= 11 is 3.30. The van der Waals surface area contributed by atoms with E-state index < -0.39 is 4.92 Å². The maximum atomic E-state index is 10.6. The van der Waals surface area contributed by atoms with Crippen LogP contribution in [0.4, 0.5) is 5.69 Å². The predicted octanol–water partition coefficient (Wildman–Crippen LogP) is 2.74. The van der Waals surface area contributed by atoms with Crippen LogP contribution in [0.25, 0.3) is 0 Å². The van der Waals surface area contributed by atoms with Crippen LogP contribution in [0.1, 0.15) is 13.3 Å². The highest BCUT2D eigenvalue weighted by molar-refractivity contribution is 9.10. The van der Waals surface area contributed by atoms with E-state index in [1.807, 2.05) is 6.92 Å². The van der Waals surface area contributed by atoms with E-state index in [-0.39, 0.29) is 5.69 Å². The van der Waals surface area contributed by atoms with Gasteiger partial charge in [0, 0.05) is 6.07 Å². The molecule has 6 heteroatoms. The van der Waals surface area contributed by atoms with Crippen molar-refractivity contribution in [3.8, 4) is 5.75 Å². The fourth-order valence-corrected chi connectivity index (χ4v) is 1.63. The van der Waals surface area contributed by atoms with E-state index in [9.17, 15) is 10.1 Å². The van der Waals surface area contributed by atoms with Crippen molar-refractivity contribution >= 4 is 21.6 Å². The highest BCUT2D eigenvalue weighted by Crippen LogP contribution is 2.29. The van der Waals surface area contributed by atoms with Gasteiger partial charge in [-0.3, -0.25) is 10.1 Å². The molecule has 0 heterocycles. The van der Waals surface area contributed by atoms with Crippen LogP contribution in [0.3, 0.4) is 0 Å². The quantitative estimate of drug-likeness (QED) is 0.478. The number of ether oxygens (including phenoxy) is 1. The number of halogens is 1. The van der Waals surface area contributed by atoms with Crippen molar-refractivity contribution in [1.82, 2.24) is 5.32 Å². The summed E-state index contributed by atoms with van der Waals surface area (Å²) in [5.41, 5.74) is 0.0369. The van der Waals surface area contributed by atoms with Gasteiger partial charge in [-0.25, -0.2) is 0 Å². The first-order valence-electron chi connectivity index (χ1n) is 5.42. The zero-order valence-electron chi connectivity index (χ0n) is 9.61. The molecule has 0 atom stereocenters. The smallest absolute Gasteiger partial charge is 0.273 e. The number of non-ortho nitro benzene ring substituents is 1. The lowest BCUT2D eigenvalue weighted by Crippen LogP contribution is -2.16. The number of nitrogens with zero attached hydrogens (tertiary/aromatic N) is 1. The lowest BCUT2D eigenvalue weighted by molar-refractivity contribution is -0.385. The predicted molar refractivity (Wildman–Crippen MR) is 69.5 cm³/mol. The molecule has 17 heavy (non-hydrogen) atoms. The van der Waals surface area contributed by atoms with Crippen LogP contribution in [0.15, 0.2) is 22.7 Å². The molecule has 0 saturated carbocycles. The Bertz CT molecular complexity index is 385. The van der Waals surface area contributed by atoms with E-state index in [0.29, 0.717) is 12.4 Å². The zero-order valence-corrected chi connectivity index (χ0v) is 11.2. The fraction of sp³-hybridized carbons (Fsp3) is 0.455. The first-order chi connectivity index (χ1) is 8.15. The molecule has 0 aliphatic heterocycles. The number of nitro benzene ring substituents is 1. The molecule has 5 nitrogen and oxygen atoms in total. The van der Waals surface area contributed by atoms with Crippen LogP contribution in [-0.2, 0) is 0 Å². The van der Waals surface area contributed by atoms with E-state index in [1.165, 1.54) is 12.1 Å². The third-order valence-electron chi connectivity index (χ3n) is 2.13. The second-order valence-electron chi connectivity index (χ2n) is 3.43. The molecule has 0 amide bonds. The van der Waals surface area contributed by atoms with Crippen molar-refractivity contribution in [1.29, 1.82) is 0 Å². The minimum Gasteiger partial charge on any atom is -0.492 e. The normalized spacial score (nSPS) is 10.2. The van der Waals surface area contributed by atoms with Crippen molar-refractivity contribution in [3.63, 3.8) is 0 Å². The molecule has 94 valence electrons. The van der Waals surface area contributed by atoms with Crippen LogP contribution in [0, 0.1) is 10.1 Å². The second-order valence-corrected chi connectivity index (χ2v) is 4.28. The largest absolute Gasteiger partial charge is 0.492 e. The zero-order chi connectivity index (χ0) is 12.7. The highest BCUT2D eigenvalue weighted by Gasteiger charge is 2.10. The number of rotatable bonds is 7. The summed E-state index contributed by atoms with van der Waals surface area (Å²) in [6, 6.07) is 4.49. The molecule has 0 aromatic heterocycles. The molecule has 0 aliphatic carbocycles. The van der Waals surface area contributed by atoms with Crippen molar-refractivity contribution < 1.29 is 9.66 Å². The van der Waals surface area contributed by atoms with Crippen LogP contribution < -0.4 is 10.1 Å². The summed E-state index contributed by atoms with van der Waals surface area (Å²) in [5, 5.41) is 13.8. The second kappa shape index (κ2) is 7.24. The Morgan fingerprint density at radius 2 is 2.29 bits per heavy atom. The average Bonchev–Trinajstić information content (AvgIpc) is 2.30. The molecule has 1 N–H and O–H groups in total. The van der Waals surface area contributed by atoms with E-state index in [4.69, 9.17) is 4.74 Å². The summed E-state index contributed by atoms with van der Waals surface area (Å²) < 4.78 is 6.21. The molecule has 1 aromatic rings. The number of nitro groups is 1. The SMILES string of the molecule is CCNCCCOc1cc([N+](=O)[O-])ccc1Br. The summed E-state index contributed by atoms with van der Waals surface area (Å²) in [5.74, 6) is 0.510. The van der Waals surface area contributed by atoms with Crippen LogP contribution in [0.5, 0.6) is 5.75 Å². The lowest BCUT2D eigenvalue weighted by atomic mass is 10.3. The average molecular weight is 303 g/mol. The fourth-order valence-electron chi connectivity index (χ4n) is 1.27. The van der Waals surface area contributed by atoms with Gasteiger partial charge in [-0.05, 0) is 41.5 Å². The Morgan fingerprint density at radius 3 is 2.94 bits per heavy atom. The minimum atomic E-state index is -0.433. The first-order valence-corrected chi connectivity index (χ1v) is 6.22. The number of hydrogen-bond donors (Lipinski definition) is 1. The molecule has 0 aliphatic rings. The van der Waals surface area contributed by atoms with E-state index >= 15 is 0 Å². The monoisotopic (exact) mass is 302 g/mol. The highest BCUT2D eigenvalue weighted by atomic mass is 79.9. The minimum absolute atomic E-state index is 0.0369. The maximum Gasteiger partial charge on any atom is 0.273 e. The third-order valence-corrected chi connectivity index (χ3v) is 2.79. The molecule has 0 radical (unpaired) electrons. The molecule has 0 bridgehead atoms. The van der Waals surface area contributed by atoms with Gasteiger partial charge in [-0.15, -0.1) is 0 Å². The van der Waals surface area contributed by atoms with Crippen LogP contribution in [0.2, 0.25) is 0 Å². The molecular formula is C11H15BrN2O3. The van der Waals surface area contributed by atoms with E-state index in [0.717, 1.165) is 24.0 Å². The topological polar surface area (TPSA) is 64.4 Å². The van der Waals surface area contributed by atoms with E-state index in [2.05, 4.69) is 21.2 Å². The Labute approximate surface area is 108 Å². The third kappa shape index (κ3) is 4.70. The summed E-state index contributed by atoms with van der Waals surface area (Å²) in [6.45, 7) is 4.38. The van der Waals surface area contributed by atoms with Gasteiger partial charge in [-0.1, -0.05) is 6.92 Å². The summed E-state index contributed by atoms with van der Waals surface area (Å²) in [6.07, 6.45) is 0.864. The Morgan fingerprint density at radius 1 is 1.53 bits per heavy atom. The maximum absolute atomic E-state index is 10.6. The van der Waals surface area contributed by atoms with E-state index in [1.54, 1.807) is 6.07 Å². The molecule has 0 saturated heterocycles. The molecule has 0 unspecified atom stereocenters. The van der Waals surface area contributed by atoms with Gasteiger partial charge in [0.2, 0.25) is 0 Å². The molecule has 1 rings (SSSR count). The van der Waals surface area contributed by atoms with Gasteiger partial charge in [0.05, 0.1) is 22.1 Å². The number of nitrogens with one attached hydrogen (secondary N) is 1. The molecule has 0 fully saturated rings. The first kappa shape index (κ1) is 13.9. The van der Waals surface area contributed by atoms with Crippen LogP contribution >= 0.6 is 15.9 Å². The Kier molecular flexibility index (Phi) is 5.93. The molecule has 1 aromatic carbocycles. The van der Waals surface area contributed by atoms with Crippen molar-refractivity contribution in [2.75, 3.05) is 19.7 Å². The van der Waals surface area contributed by atoms with Gasteiger partial charge in [0.25, 0.3) is 5.69 Å². The van der Waals surface area contributed by atoms with Gasteiger partial charge >= 0.3 is 0 Å². The molecular weight excluding hydrogens is 288 g/mol. The number of hydrogen-bond acceptors (Lipinski definition) is 4.